The molecule has 5 heteroatoms. The quantitative estimate of drug-likeness (QED) is 0.509. The second-order valence-electron chi connectivity index (χ2n) is 4.89. The fourth-order valence-corrected chi connectivity index (χ4v) is 1.87. The summed E-state index contributed by atoms with van der Waals surface area (Å²) in [6, 6.07) is 10.4. The molecule has 0 atom stereocenters. The molecule has 0 aliphatic carbocycles. The first-order valence-corrected chi connectivity index (χ1v) is 6.57. The summed E-state index contributed by atoms with van der Waals surface area (Å²) in [5.74, 6) is -1.30. The maximum Gasteiger partial charge on any atom is 0.292 e. The standard InChI is InChI=1S/C16H16N2O3/c1-11-6-7-13(9-12(11)2)17-16(20)15(19)10-14-5-3-4-8-18(14)21/h3-9H,10H2,1-2H3,(H-,17,20,21)/p+1. The lowest BCUT2D eigenvalue weighted by molar-refractivity contribution is -0.909. The number of Topliss-reactive ketones (excluding diaryl/α,β-unsaturated/α-hetero) is 1. The monoisotopic (exact) mass is 285 g/mol. The predicted molar refractivity (Wildman–Crippen MR) is 77.1 cm³/mol. The van der Waals surface area contributed by atoms with E-state index in [-0.39, 0.29) is 6.42 Å². The Balaban J connectivity index is 2.04. The predicted octanol–water partition coefficient (Wildman–Crippen LogP) is 1.58. The first-order chi connectivity index (χ1) is 9.97. The number of anilines is 1. The lowest BCUT2D eigenvalue weighted by Gasteiger charge is -2.06. The highest BCUT2D eigenvalue weighted by Gasteiger charge is 2.20. The molecule has 1 aromatic heterocycles. The van der Waals surface area contributed by atoms with E-state index in [4.69, 9.17) is 0 Å². The number of pyridine rings is 1. The normalized spacial score (nSPS) is 10.2. The van der Waals surface area contributed by atoms with Gasteiger partial charge in [-0.15, -0.1) is 0 Å². The zero-order chi connectivity index (χ0) is 15.4. The Morgan fingerprint density at radius 1 is 1.14 bits per heavy atom. The van der Waals surface area contributed by atoms with Crippen LogP contribution in [0.2, 0.25) is 0 Å². The van der Waals surface area contributed by atoms with Crippen LogP contribution >= 0.6 is 0 Å². The Morgan fingerprint density at radius 3 is 2.57 bits per heavy atom. The molecule has 0 aliphatic heterocycles. The molecule has 0 saturated carbocycles. The second kappa shape index (κ2) is 6.17. The van der Waals surface area contributed by atoms with Crippen LogP contribution in [0, 0.1) is 13.8 Å². The maximum absolute atomic E-state index is 11.9. The number of rotatable bonds is 4. The van der Waals surface area contributed by atoms with Gasteiger partial charge in [0.05, 0.1) is 0 Å². The number of hydrogen-bond donors (Lipinski definition) is 2. The molecule has 1 heterocycles. The van der Waals surface area contributed by atoms with E-state index in [1.165, 1.54) is 6.20 Å². The van der Waals surface area contributed by atoms with Gasteiger partial charge in [0.2, 0.25) is 17.7 Å². The van der Waals surface area contributed by atoms with Crippen LogP contribution in [-0.4, -0.2) is 16.9 Å². The number of aryl methyl sites for hydroxylation is 2. The van der Waals surface area contributed by atoms with Gasteiger partial charge in [0, 0.05) is 22.6 Å². The molecule has 1 amide bonds. The van der Waals surface area contributed by atoms with Crippen LogP contribution in [-0.2, 0) is 16.0 Å². The number of hydrogen-bond acceptors (Lipinski definition) is 3. The fraction of sp³-hybridized carbons (Fsp3) is 0.188. The molecular formula is C16H17N2O3+. The van der Waals surface area contributed by atoms with Gasteiger partial charge in [0.1, 0.15) is 6.42 Å². The molecule has 0 fully saturated rings. The molecule has 5 nitrogen and oxygen atoms in total. The lowest BCUT2D eigenvalue weighted by Crippen LogP contribution is -2.37. The maximum atomic E-state index is 11.9. The van der Waals surface area contributed by atoms with Gasteiger partial charge in [-0.1, -0.05) is 6.07 Å². The summed E-state index contributed by atoms with van der Waals surface area (Å²) in [6.45, 7) is 3.91. The minimum Gasteiger partial charge on any atom is -0.319 e. The molecule has 0 unspecified atom stereocenters. The number of nitrogens with one attached hydrogen (secondary N) is 1. The van der Waals surface area contributed by atoms with Gasteiger partial charge in [-0.2, -0.15) is 0 Å². The first kappa shape index (κ1) is 14.7. The van der Waals surface area contributed by atoms with Crippen LogP contribution in [0.15, 0.2) is 42.6 Å². The van der Waals surface area contributed by atoms with E-state index in [2.05, 4.69) is 5.32 Å². The van der Waals surface area contributed by atoms with Gasteiger partial charge in [-0.25, -0.2) is 0 Å². The highest BCUT2D eigenvalue weighted by Crippen LogP contribution is 2.14. The largest absolute Gasteiger partial charge is 0.319 e. The van der Waals surface area contributed by atoms with E-state index in [1.807, 2.05) is 26.0 Å². The van der Waals surface area contributed by atoms with Crippen molar-refractivity contribution in [1.29, 1.82) is 0 Å². The van der Waals surface area contributed by atoms with Gasteiger partial charge in [0.25, 0.3) is 5.91 Å². The number of ketones is 1. The molecule has 1 aromatic carbocycles. The Kier molecular flexibility index (Phi) is 4.33. The second-order valence-corrected chi connectivity index (χ2v) is 4.89. The molecular weight excluding hydrogens is 268 g/mol. The third-order valence-corrected chi connectivity index (χ3v) is 3.28. The van der Waals surface area contributed by atoms with Crippen LogP contribution in [0.4, 0.5) is 5.69 Å². The number of carbonyl (C=O) groups excluding carboxylic acids is 2. The highest BCUT2D eigenvalue weighted by molar-refractivity contribution is 6.40. The molecule has 0 aliphatic rings. The van der Waals surface area contributed by atoms with Crippen LogP contribution in [0.25, 0.3) is 0 Å². The third kappa shape index (κ3) is 3.66. The average molecular weight is 285 g/mol. The molecule has 0 bridgehead atoms. The van der Waals surface area contributed by atoms with Crippen LogP contribution in [0.5, 0.6) is 0 Å². The van der Waals surface area contributed by atoms with Crippen molar-refractivity contribution in [3.05, 3.63) is 59.4 Å². The van der Waals surface area contributed by atoms with E-state index >= 15 is 0 Å². The van der Waals surface area contributed by atoms with Crippen molar-refractivity contribution in [3.63, 3.8) is 0 Å². The van der Waals surface area contributed by atoms with Crippen molar-refractivity contribution >= 4 is 17.4 Å². The summed E-state index contributed by atoms with van der Waals surface area (Å²) >= 11 is 0. The summed E-state index contributed by atoms with van der Waals surface area (Å²) in [5, 5.41) is 12.1. The zero-order valence-corrected chi connectivity index (χ0v) is 12.0. The van der Waals surface area contributed by atoms with E-state index in [0.717, 1.165) is 15.9 Å². The SMILES string of the molecule is Cc1ccc(NC(=O)C(=O)Cc2cccc[n+]2O)cc1C. The van der Waals surface area contributed by atoms with E-state index in [9.17, 15) is 14.8 Å². The molecule has 2 N–H and O–H groups in total. The molecule has 0 saturated heterocycles. The molecule has 0 spiro atoms. The van der Waals surface area contributed by atoms with Gasteiger partial charge in [0.15, 0.2) is 0 Å². The van der Waals surface area contributed by atoms with Crippen molar-refractivity contribution in [2.75, 3.05) is 5.32 Å². The zero-order valence-electron chi connectivity index (χ0n) is 12.0. The van der Waals surface area contributed by atoms with Gasteiger partial charge >= 0.3 is 0 Å². The minimum absolute atomic E-state index is 0.159. The van der Waals surface area contributed by atoms with Crippen LogP contribution in [0.1, 0.15) is 16.8 Å². The summed E-state index contributed by atoms with van der Waals surface area (Å²) in [6.07, 6.45) is 1.25. The number of amides is 1. The minimum atomic E-state index is -0.692. The number of benzene rings is 1. The Labute approximate surface area is 122 Å². The third-order valence-electron chi connectivity index (χ3n) is 3.28. The molecule has 2 rings (SSSR count). The summed E-state index contributed by atoms with van der Waals surface area (Å²) in [4.78, 5) is 23.8. The summed E-state index contributed by atoms with van der Waals surface area (Å²) in [7, 11) is 0. The van der Waals surface area contributed by atoms with Crippen molar-refractivity contribution in [1.82, 2.24) is 0 Å². The number of aromatic nitrogens is 1. The fourth-order valence-electron chi connectivity index (χ4n) is 1.87. The van der Waals surface area contributed by atoms with Crippen molar-refractivity contribution in [2.45, 2.75) is 20.3 Å². The van der Waals surface area contributed by atoms with Gasteiger partial charge in [-0.05, 0) is 43.2 Å². The van der Waals surface area contributed by atoms with Gasteiger partial charge in [-0.3, -0.25) is 14.8 Å². The molecule has 21 heavy (non-hydrogen) atoms. The topological polar surface area (TPSA) is 70.3 Å². The Bertz CT molecular complexity index is 696. The average Bonchev–Trinajstić information content (AvgIpc) is 2.45. The van der Waals surface area contributed by atoms with Crippen molar-refractivity contribution < 1.29 is 19.5 Å². The van der Waals surface area contributed by atoms with E-state index in [0.29, 0.717) is 11.4 Å². The van der Waals surface area contributed by atoms with Gasteiger partial charge < -0.3 is 5.32 Å². The first-order valence-electron chi connectivity index (χ1n) is 6.57. The number of nitrogens with zero attached hydrogens (tertiary/aromatic N) is 1. The molecule has 2 aromatic rings. The smallest absolute Gasteiger partial charge is 0.292 e. The highest BCUT2D eigenvalue weighted by atomic mass is 16.5. The summed E-state index contributed by atoms with van der Waals surface area (Å²) in [5.41, 5.74) is 3.10. The number of carbonyl (C=O) groups is 2. The molecule has 0 radical (unpaired) electrons. The Hall–Kier alpha value is -2.69. The van der Waals surface area contributed by atoms with Crippen LogP contribution in [0.3, 0.4) is 0 Å². The van der Waals surface area contributed by atoms with Crippen molar-refractivity contribution in [3.8, 4) is 0 Å². The lowest BCUT2D eigenvalue weighted by atomic mass is 10.1. The van der Waals surface area contributed by atoms with Crippen LogP contribution < -0.4 is 10.0 Å². The molecule has 108 valence electrons. The Morgan fingerprint density at radius 2 is 1.90 bits per heavy atom. The van der Waals surface area contributed by atoms with E-state index < -0.39 is 11.7 Å². The van der Waals surface area contributed by atoms with Crippen molar-refractivity contribution in [2.24, 2.45) is 0 Å². The van der Waals surface area contributed by atoms with E-state index in [1.54, 1.807) is 24.3 Å². The summed E-state index contributed by atoms with van der Waals surface area (Å²) < 4.78 is 0.835.